The maximum Gasteiger partial charge on any atom is 0.235 e. The molecule has 1 amide bonds. The van der Waals surface area contributed by atoms with E-state index < -0.39 is 5.41 Å². The van der Waals surface area contributed by atoms with Gasteiger partial charge >= 0.3 is 0 Å². The summed E-state index contributed by atoms with van der Waals surface area (Å²) in [5.41, 5.74) is 1.85. The fraction of sp³-hybridized carbons (Fsp3) is 0.333. The van der Waals surface area contributed by atoms with Gasteiger partial charge in [0.1, 0.15) is 0 Å². The molecule has 1 saturated carbocycles. The highest BCUT2D eigenvalue weighted by molar-refractivity contribution is 6.43. The summed E-state index contributed by atoms with van der Waals surface area (Å²) in [7, 11) is 0. The Hall–Kier alpha value is -2.90. The highest BCUT2D eigenvalue weighted by atomic mass is 35.5. The van der Waals surface area contributed by atoms with Crippen molar-refractivity contribution in [2.45, 2.75) is 18.3 Å². The molecule has 3 aromatic rings. The number of ether oxygens (including phenoxy) is 2. The number of aromatic nitrogens is 1. The summed E-state index contributed by atoms with van der Waals surface area (Å²) in [5, 5.41) is 5.37. The Morgan fingerprint density at radius 3 is 2.55 bits per heavy atom. The zero-order valence-corrected chi connectivity index (χ0v) is 19.2. The average molecular weight is 486 g/mol. The number of piperazine rings is 1. The fourth-order valence-corrected chi connectivity index (χ4v) is 5.00. The number of fused-ring (bicyclic) bond motifs is 1. The van der Waals surface area contributed by atoms with Crippen molar-refractivity contribution in [1.29, 1.82) is 0 Å². The minimum absolute atomic E-state index is 0.116. The van der Waals surface area contributed by atoms with E-state index in [1.807, 2.05) is 41.3 Å². The van der Waals surface area contributed by atoms with Crippen LogP contribution in [-0.2, 0) is 10.2 Å². The van der Waals surface area contributed by atoms with Crippen LogP contribution in [0, 0.1) is 0 Å². The van der Waals surface area contributed by atoms with Gasteiger partial charge in [0.05, 0.1) is 26.8 Å². The number of halogens is 2. The molecule has 0 bridgehead atoms. The van der Waals surface area contributed by atoms with Gasteiger partial charge in [0.15, 0.2) is 17.3 Å². The fourth-order valence-electron chi connectivity index (χ4n) is 4.58. The van der Waals surface area contributed by atoms with E-state index in [0.29, 0.717) is 59.2 Å². The normalized spacial score (nSPS) is 18.5. The van der Waals surface area contributed by atoms with Crippen molar-refractivity contribution in [2.75, 3.05) is 37.9 Å². The molecule has 3 aliphatic rings. The van der Waals surface area contributed by atoms with E-state index in [1.165, 1.54) is 0 Å². The lowest BCUT2D eigenvalue weighted by Crippen LogP contribution is -2.51. The first-order valence-corrected chi connectivity index (χ1v) is 11.7. The van der Waals surface area contributed by atoms with Crippen LogP contribution < -0.4 is 14.4 Å². The van der Waals surface area contributed by atoms with Crippen LogP contribution in [0.25, 0.3) is 11.3 Å². The lowest BCUT2D eigenvalue weighted by molar-refractivity contribution is -0.134. The number of carbonyl (C=O) groups is 1. The van der Waals surface area contributed by atoms with Gasteiger partial charge in [0.2, 0.25) is 12.7 Å². The van der Waals surface area contributed by atoms with Gasteiger partial charge in [-0.2, -0.15) is 0 Å². The number of hydrogen-bond acceptors (Lipinski definition) is 6. The molecule has 9 heteroatoms. The number of anilines is 1. The monoisotopic (exact) mass is 485 g/mol. The van der Waals surface area contributed by atoms with Gasteiger partial charge in [-0.1, -0.05) is 34.4 Å². The van der Waals surface area contributed by atoms with Crippen LogP contribution in [0.15, 0.2) is 47.0 Å². The Kier molecular flexibility index (Phi) is 4.92. The third-order valence-electron chi connectivity index (χ3n) is 6.66. The summed E-state index contributed by atoms with van der Waals surface area (Å²) in [6, 6.07) is 13.1. The van der Waals surface area contributed by atoms with Gasteiger partial charge in [-0.15, -0.1) is 0 Å². The summed E-state index contributed by atoms with van der Waals surface area (Å²) in [6.07, 6.45) is 1.55. The topological polar surface area (TPSA) is 68.0 Å². The molecule has 2 aliphatic heterocycles. The molecule has 1 saturated heterocycles. The molecule has 0 spiro atoms. The number of hydrogen-bond donors (Lipinski definition) is 0. The second-order valence-electron chi connectivity index (χ2n) is 8.58. The molecule has 6 rings (SSSR count). The maximum atomic E-state index is 13.5. The molecular formula is C24H21Cl2N3O4. The van der Waals surface area contributed by atoms with Crippen LogP contribution in [0.3, 0.4) is 0 Å². The molecule has 0 radical (unpaired) electrons. The SMILES string of the molecule is O=C(N1CCN(c2cccc(Cl)c2Cl)CC1)C1(c2cc(-c3ccc4c(c3)OCO4)on2)CC1. The Balaban J connectivity index is 1.16. The van der Waals surface area contributed by atoms with Gasteiger partial charge in [-0.3, -0.25) is 4.79 Å². The smallest absolute Gasteiger partial charge is 0.235 e. The predicted molar refractivity (Wildman–Crippen MR) is 124 cm³/mol. The molecule has 2 aromatic carbocycles. The van der Waals surface area contributed by atoms with E-state index in [9.17, 15) is 4.79 Å². The summed E-state index contributed by atoms with van der Waals surface area (Å²) in [4.78, 5) is 17.6. The van der Waals surface area contributed by atoms with Gasteiger partial charge in [-0.25, -0.2) is 0 Å². The molecular weight excluding hydrogens is 465 g/mol. The molecule has 170 valence electrons. The first kappa shape index (κ1) is 20.7. The van der Waals surface area contributed by atoms with Crippen LogP contribution in [-0.4, -0.2) is 48.9 Å². The molecule has 2 fully saturated rings. The van der Waals surface area contributed by atoms with Crippen molar-refractivity contribution in [3.05, 3.63) is 58.2 Å². The second kappa shape index (κ2) is 7.85. The van der Waals surface area contributed by atoms with Crippen LogP contribution in [0.2, 0.25) is 10.0 Å². The Morgan fingerprint density at radius 2 is 1.76 bits per heavy atom. The molecule has 3 heterocycles. The van der Waals surface area contributed by atoms with Crippen LogP contribution in [0.5, 0.6) is 11.5 Å². The van der Waals surface area contributed by atoms with Crippen LogP contribution in [0.4, 0.5) is 5.69 Å². The predicted octanol–water partition coefficient (Wildman–Crippen LogP) is 4.76. The van der Waals surface area contributed by atoms with Crippen LogP contribution in [0.1, 0.15) is 18.5 Å². The van der Waals surface area contributed by atoms with Crippen molar-refractivity contribution >= 4 is 34.8 Å². The summed E-state index contributed by atoms with van der Waals surface area (Å²) < 4.78 is 16.4. The highest BCUT2D eigenvalue weighted by Gasteiger charge is 2.55. The zero-order valence-electron chi connectivity index (χ0n) is 17.7. The summed E-state index contributed by atoms with van der Waals surface area (Å²) in [5.74, 6) is 2.12. The minimum Gasteiger partial charge on any atom is -0.454 e. The quantitative estimate of drug-likeness (QED) is 0.530. The molecule has 0 N–H and O–H groups in total. The molecule has 0 atom stereocenters. The molecule has 33 heavy (non-hydrogen) atoms. The minimum atomic E-state index is -0.589. The summed E-state index contributed by atoms with van der Waals surface area (Å²) in [6.45, 7) is 2.85. The average Bonchev–Trinajstić information content (AvgIpc) is 3.26. The van der Waals surface area contributed by atoms with E-state index >= 15 is 0 Å². The van der Waals surface area contributed by atoms with Gasteiger partial charge in [-0.05, 0) is 43.2 Å². The standard InChI is InChI=1S/C24H21Cl2N3O4/c25-16-2-1-3-17(22(16)26)28-8-10-29(11-9-28)23(30)24(6-7-24)21-13-19(33-27-21)15-4-5-18-20(12-15)32-14-31-18/h1-5,12-13H,6-11,14H2. The third-order valence-corrected chi connectivity index (χ3v) is 7.46. The molecule has 1 aromatic heterocycles. The lowest BCUT2D eigenvalue weighted by atomic mass is 9.99. The van der Waals surface area contributed by atoms with Gasteiger partial charge < -0.3 is 23.8 Å². The van der Waals surface area contributed by atoms with E-state index in [-0.39, 0.29) is 12.7 Å². The van der Waals surface area contributed by atoms with Crippen molar-refractivity contribution in [2.24, 2.45) is 0 Å². The van der Waals surface area contributed by atoms with Crippen molar-refractivity contribution in [3.63, 3.8) is 0 Å². The van der Waals surface area contributed by atoms with Gasteiger partial charge in [0.25, 0.3) is 0 Å². The maximum absolute atomic E-state index is 13.5. The van der Waals surface area contributed by atoms with E-state index in [0.717, 1.165) is 24.1 Å². The molecule has 1 aliphatic carbocycles. The third kappa shape index (κ3) is 3.50. The zero-order chi connectivity index (χ0) is 22.6. The van der Waals surface area contributed by atoms with Crippen molar-refractivity contribution in [1.82, 2.24) is 10.1 Å². The Morgan fingerprint density at radius 1 is 0.970 bits per heavy atom. The number of nitrogens with zero attached hydrogens (tertiary/aromatic N) is 3. The van der Waals surface area contributed by atoms with Crippen molar-refractivity contribution in [3.8, 4) is 22.8 Å². The second-order valence-corrected chi connectivity index (χ2v) is 9.36. The first-order chi connectivity index (χ1) is 16.0. The highest BCUT2D eigenvalue weighted by Crippen LogP contribution is 2.50. The van der Waals surface area contributed by atoms with Crippen LogP contribution >= 0.6 is 23.2 Å². The van der Waals surface area contributed by atoms with E-state index in [4.69, 9.17) is 37.2 Å². The lowest BCUT2D eigenvalue weighted by Gasteiger charge is -2.37. The summed E-state index contributed by atoms with van der Waals surface area (Å²) >= 11 is 12.6. The largest absolute Gasteiger partial charge is 0.454 e. The number of rotatable bonds is 4. The number of benzene rings is 2. The Bertz CT molecular complexity index is 1230. The Labute approximate surface area is 200 Å². The van der Waals surface area contributed by atoms with E-state index in [2.05, 4.69) is 10.1 Å². The molecule has 0 unspecified atom stereocenters. The number of carbonyl (C=O) groups excluding carboxylic acids is 1. The van der Waals surface area contributed by atoms with Gasteiger partial charge in [0, 0.05) is 37.8 Å². The van der Waals surface area contributed by atoms with Crippen molar-refractivity contribution < 1.29 is 18.8 Å². The molecule has 7 nitrogen and oxygen atoms in total. The first-order valence-electron chi connectivity index (χ1n) is 10.9. The number of amides is 1. The van der Waals surface area contributed by atoms with E-state index in [1.54, 1.807) is 6.07 Å².